The van der Waals surface area contributed by atoms with Crippen LogP contribution >= 0.6 is 0 Å². The topological polar surface area (TPSA) is 350 Å². The van der Waals surface area contributed by atoms with Crippen LogP contribution in [-0.2, 0) is 38.5 Å². The van der Waals surface area contributed by atoms with Gasteiger partial charge in [-0.25, -0.2) is 19.7 Å². The highest BCUT2D eigenvalue weighted by molar-refractivity contribution is 6.09. The van der Waals surface area contributed by atoms with E-state index < -0.39 is 23.3 Å². The van der Waals surface area contributed by atoms with Crippen molar-refractivity contribution in [1.29, 1.82) is 0 Å². The average Bonchev–Trinajstić information content (AvgIpc) is 1.70. The SMILES string of the molecule is CC(C)(C)OC(=O)N1CCC(n2cc3c(n2)C(=O)NCCCCCCn2cc(cn2)-c2cccc(n2)C(=O)N3)CC1.Cn1cc2c(n1)C(=O)NCC/C=C\CCn1cc(cn1)-c1cccc(n1)C(=O)N2.Cn1cc2c(n1)C(=O)NCCC/C=C/Cn1cc(cn1)-c1cccc(n1)C(=O)N2. The van der Waals surface area contributed by atoms with Crippen molar-refractivity contribution in [3.05, 3.63) is 169 Å². The monoisotopic (exact) mass is 1340 g/mol. The molecule has 0 spiro atoms. The van der Waals surface area contributed by atoms with E-state index in [1.165, 1.54) is 9.36 Å². The number of anilines is 3. The van der Waals surface area contributed by atoms with Crippen LogP contribution in [0.5, 0.6) is 0 Å². The van der Waals surface area contributed by atoms with Crippen LogP contribution in [0.2, 0.25) is 0 Å². The molecule has 9 aromatic heterocycles. The normalized spacial score (nSPS) is 16.8. The number of nitrogens with one attached hydrogen (secondary N) is 6. The fourth-order valence-electron chi connectivity index (χ4n) is 11.2. The number of likely N-dealkylation sites (tertiary alicyclic amines) is 1. The number of hydrogen-bond donors (Lipinski definition) is 6. The van der Waals surface area contributed by atoms with E-state index in [4.69, 9.17) is 4.74 Å². The quantitative estimate of drug-likeness (QED) is 0.0841. The first-order chi connectivity index (χ1) is 47.9. The molecule has 6 N–H and O–H groups in total. The molecule has 4 aliphatic heterocycles. The zero-order valence-corrected chi connectivity index (χ0v) is 55.9. The van der Waals surface area contributed by atoms with Gasteiger partial charge in [0.15, 0.2) is 17.1 Å². The highest BCUT2D eigenvalue weighted by atomic mass is 16.6. The minimum atomic E-state index is -0.558. The summed E-state index contributed by atoms with van der Waals surface area (Å²) in [6, 6.07) is 15.7. The van der Waals surface area contributed by atoms with E-state index in [-0.39, 0.29) is 64.0 Å². The van der Waals surface area contributed by atoms with Gasteiger partial charge in [0.25, 0.3) is 35.4 Å². The van der Waals surface area contributed by atoms with Gasteiger partial charge >= 0.3 is 6.09 Å². The van der Waals surface area contributed by atoms with Gasteiger partial charge in [-0.1, -0.05) is 55.3 Å². The molecule has 1 fully saturated rings. The molecule has 0 saturated carbocycles. The fraction of sp³-hybridized carbons (Fsp3) is 0.362. The summed E-state index contributed by atoms with van der Waals surface area (Å²) >= 11 is 0. The maximum atomic E-state index is 13.3. The van der Waals surface area contributed by atoms with Crippen molar-refractivity contribution in [2.45, 2.75) is 116 Å². The Balaban J connectivity index is 0.000000154. The van der Waals surface area contributed by atoms with E-state index in [0.717, 1.165) is 74.7 Å². The number of hydrogen-bond acceptors (Lipinski definition) is 17. The number of carbonyl (C=O) groups is 7. The second-order valence-electron chi connectivity index (χ2n) is 25.1. The largest absolute Gasteiger partial charge is 0.444 e. The third-order valence-electron chi connectivity index (χ3n) is 16.2. The number of nitrogens with zero attached hydrogens (tertiary/aromatic N) is 16. The van der Waals surface area contributed by atoms with E-state index >= 15 is 0 Å². The Morgan fingerprint density at radius 1 is 0.455 bits per heavy atom. The number of aromatic nitrogens is 15. The summed E-state index contributed by atoms with van der Waals surface area (Å²) in [5.41, 5.74) is 6.13. The Morgan fingerprint density at radius 3 is 1.44 bits per heavy atom. The van der Waals surface area contributed by atoms with Crippen LogP contribution in [0.25, 0.3) is 33.8 Å². The number of aryl methyl sites for hydroxylation is 4. The maximum Gasteiger partial charge on any atom is 0.410 e. The van der Waals surface area contributed by atoms with Gasteiger partial charge in [-0.2, -0.15) is 30.6 Å². The number of rotatable bonds is 1. The number of pyridine rings is 3. The lowest BCUT2D eigenvalue weighted by atomic mass is 10.1. The van der Waals surface area contributed by atoms with E-state index in [2.05, 4.69) is 89.6 Å². The number of ether oxygens (including phenoxy) is 1. The molecule has 99 heavy (non-hydrogen) atoms. The van der Waals surface area contributed by atoms with Crippen LogP contribution in [0, 0.1) is 0 Å². The van der Waals surface area contributed by atoms with E-state index in [1.54, 1.807) is 97.3 Å². The third-order valence-corrected chi connectivity index (χ3v) is 16.2. The lowest BCUT2D eigenvalue weighted by Gasteiger charge is -2.33. The smallest absolute Gasteiger partial charge is 0.410 e. The van der Waals surface area contributed by atoms with Crippen molar-refractivity contribution in [1.82, 2.24) is 94.5 Å². The highest BCUT2D eigenvalue weighted by Gasteiger charge is 2.31. The molecule has 0 atom stereocenters. The van der Waals surface area contributed by atoms with Gasteiger partial charge < -0.3 is 41.5 Å². The Labute approximate surface area is 570 Å². The van der Waals surface area contributed by atoms with Gasteiger partial charge in [0.05, 0.1) is 65.3 Å². The van der Waals surface area contributed by atoms with Crippen LogP contribution in [0.1, 0.15) is 154 Å². The van der Waals surface area contributed by atoms with E-state index in [1.807, 2.05) is 83.8 Å². The molecular weight excluding hydrogens is 1260 g/mol. The van der Waals surface area contributed by atoms with Crippen LogP contribution < -0.4 is 31.9 Å². The first-order valence-electron chi connectivity index (χ1n) is 33.1. The Kier molecular flexibility index (Phi) is 22.1. The van der Waals surface area contributed by atoms with Gasteiger partial charge in [0.1, 0.15) is 22.7 Å². The number of fused-ring (bicyclic) bond motifs is 18. The summed E-state index contributed by atoms with van der Waals surface area (Å²) in [6.07, 6.45) is 32.1. The summed E-state index contributed by atoms with van der Waals surface area (Å²) in [5.74, 6) is -2.25. The Morgan fingerprint density at radius 2 is 0.899 bits per heavy atom. The van der Waals surface area contributed by atoms with Crippen molar-refractivity contribution in [2.24, 2.45) is 14.1 Å². The van der Waals surface area contributed by atoms with Crippen molar-refractivity contribution >= 4 is 58.6 Å². The molecule has 13 heterocycles. The van der Waals surface area contributed by atoms with Crippen LogP contribution in [0.15, 0.2) is 135 Å². The number of carbonyl (C=O) groups excluding carboxylic acids is 7. The molecule has 13 rings (SSSR count). The summed E-state index contributed by atoms with van der Waals surface area (Å²) in [6.45, 7) is 10.2. The Hall–Kier alpha value is -11.7. The van der Waals surface area contributed by atoms with Crippen molar-refractivity contribution in [2.75, 3.05) is 48.7 Å². The Bertz CT molecular complexity index is 4440. The zero-order chi connectivity index (χ0) is 69.4. The van der Waals surface area contributed by atoms with Gasteiger partial charge in [-0.05, 0) is 109 Å². The second kappa shape index (κ2) is 31.9. The number of amides is 7. The minimum absolute atomic E-state index is 0.0366. The molecule has 7 amide bonds. The molecule has 30 nitrogen and oxygen atoms in total. The standard InChI is InChI=1S/C29H38N8O4.2C20H21N7O2/c1-29(2,3)41-28(40)35-15-11-21(12-16-35)37-19-24-25(34-37)27(39)30-13-6-4-5-7-14-36-18-20(17-31-36)22-9-8-10-23(32-22)26(38)33-24;2*1-26-13-17-18(25-26)20(29)21-9-4-2-3-5-10-27-12-14(11-22-27)15-7-6-8-16(23-15)19(28)24-17/h8-10,17-19,21H,4-7,11-16H2,1-3H3,(H,30,39)(H,33,38);3,5-8,11-13H,2,4,9-10H2,1H3,(H,21,29)(H,24,28);2-3,6-8,11-13H,4-5,9-10H2,1H3,(H,21,29)(H,24,28)/b;5-3+;3-2-. The van der Waals surface area contributed by atoms with Gasteiger partial charge in [-0.15, -0.1) is 0 Å². The summed E-state index contributed by atoms with van der Waals surface area (Å²) in [7, 11) is 3.39. The molecule has 514 valence electrons. The van der Waals surface area contributed by atoms with Gasteiger partial charge in [-0.3, -0.25) is 56.9 Å². The van der Waals surface area contributed by atoms with Crippen molar-refractivity contribution in [3.63, 3.8) is 0 Å². The molecule has 30 heteroatoms. The molecule has 4 aliphatic rings. The molecule has 1 saturated heterocycles. The van der Waals surface area contributed by atoms with E-state index in [9.17, 15) is 33.6 Å². The number of allylic oxidation sites excluding steroid dienone is 3. The molecule has 9 aromatic rings. The van der Waals surface area contributed by atoms with Crippen LogP contribution in [0.4, 0.5) is 21.9 Å². The van der Waals surface area contributed by atoms with Crippen molar-refractivity contribution in [3.8, 4) is 33.8 Å². The van der Waals surface area contributed by atoms with Gasteiger partial charge in [0, 0.05) is 114 Å². The van der Waals surface area contributed by atoms with Crippen molar-refractivity contribution < 1.29 is 38.3 Å². The summed E-state index contributed by atoms with van der Waals surface area (Å²) in [4.78, 5) is 105. The predicted octanol–water partition coefficient (Wildman–Crippen LogP) is 8.29. The van der Waals surface area contributed by atoms with Crippen LogP contribution in [-0.4, -0.2) is 158 Å². The summed E-state index contributed by atoms with van der Waals surface area (Å²) < 4.78 is 15.8. The predicted molar refractivity (Wildman–Crippen MR) is 367 cm³/mol. The lowest BCUT2D eigenvalue weighted by molar-refractivity contribution is 0.0184. The minimum Gasteiger partial charge on any atom is -0.444 e. The summed E-state index contributed by atoms with van der Waals surface area (Å²) in [5, 5.41) is 43.1. The highest BCUT2D eigenvalue weighted by Crippen LogP contribution is 2.28. The molecule has 0 unspecified atom stereocenters. The van der Waals surface area contributed by atoms with Crippen LogP contribution in [0.3, 0.4) is 0 Å². The molecule has 0 aromatic carbocycles. The zero-order valence-electron chi connectivity index (χ0n) is 55.9. The molecule has 0 radical (unpaired) electrons. The second-order valence-corrected chi connectivity index (χ2v) is 25.1. The maximum absolute atomic E-state index is 13.3. The first-order valence-corrected chi connectivity index (χ1v) is 33.1. The first kappa shape index (κ1) is 68.7. The molecule has 0 aliphatic carbocycles. The van der Waals surface area contributed by atoms with Gasteiger partial charge in [0.2, 0.25) is 0 Å². The average molecular weight is 1350 g/mol. The lowest BCUT2D eigenvalue weighted by Crippen LogP contribution is -2.42. The fourth-order valence-corrected chi connectivity index (χ4v) is 11.2. The van der Waals surface area contributed by atoms with E-state index in [0.29, 0.717) is 92.7 Å². The molecular formula is C69H80N22O8. The third kappa shape index (κ3) is 18.4. The number of piperidine rings is 1. The molecule has 12 bridgehead atoms.